The molecule has 0 aromatic rings. The fraction of sp³-hybridized carbons (Fsp3) is 0.941. The number of ether oxygens (including phenoxy) is 1. The van der Waals surface area contributed by atoms with E-state index in [0.717, 1.165) is 44.9 Å². The molecule has 0 aliphatic carbocycles. The summed E-state index contributed by atoms with van der Waals surface area (Å²) in [5.74, 6) is -0.750. The second kappa shape index (κ2) is 30.5. The predicted octanol–water partition coefficient (Wildman–Crippen LogP) is 11.3. The van der Waals surface area contributed by atoms with Crippen LogP contribution in [-0.2, 0) is 14.3 Å². The molecule has 0 rings (SSSR count). The second-order valence-electron chi connectivity index (χ2n) is 11.7. The first-order chi connectivity index (χ1) is 18.6. The van der Waals surface area contributed by atoms with Crippen LogP contribution in [0.1, 0.15) is 200 Å². The molecule has 0 radical (unpaired) electrons. The van der Waals surface area contributed by atoms with E-state index in [2.05, 4.69) is 13.8 Å². The molecule has 0 heterocycles. The molecule has 4 heteroatoms. The minimum atomic E-state index is -0.722. The summed E-state index contributed by atoms with van der Waals surface area (Å²) in [5, 5.41) is 8.84. The fourth-order valence-corrected chi connectivity index (χ4v) is 5.30. The van der Waals surface area contributed by atoms with Crippen molar-refractivity contribution in [2.45, 2.75) is 206 Å². The third-order valence-corrected chi connectivity index (χ3v) is 7.83. The molecule has 0 aliphatic heterocycles. The molecule has 1 atom stereocenters. The first-order valence-electron chi connectivity index (χ1n) is 17.0. The van der Waals surface area contributed by atoms with Gasteiger partial charge in [-0.1, -0.05) is 149 Å². The Hall–Kier alpha value is -1.06. The van der Waals surface area contributed by atoms with E-state index in [1.165, 1.54) is 122 Å². The lowest BCUT2D eigenvalue weighted by Gasteiger charge is -2.18. The van der Waals surface area contributed by atoms with Crippen LogP contribution in [0.25, 0.3) is 0 Å². The molecule has 0 fully saturated rings. The van der Waals surface area contributed by atoms with Crippen LogP contribution in [0.4, 0.5) is 0 Å². The number of esters is 1. The maximum absolute atomic E-state index is 12.5. The van der Waals surface area contributed by atoms with Crippen molar-refractivity contribution in [3.05, 3.63) is 0 Å². The number of hydrogen-bond donors (Lipinski definition) is 1. The Morgan fingerprint density at radius 2 is 0.789 bits per heavy atom. The highest BCUT2D eigenvalue weighted by atomic mass is 16.5. The third kappa shape index (κ3) is 29.5. The number of carboxylic acid groups (broad SMARTS) is 1. The van der Waals surface area contributed by atoms with Gasteiger partial charge in [-0.05, 0) is 38.5 Å². The zero-order valence-corrected chi connectivity index (χ0v) is 25.8. The topological polar surface area (TPSA) is 63.6 Å². The van der Waals surface area contributed by atoms with Gasteiger partial charge in [-0.3, -0.25) is 9.59 Å². The minimum Gasteiger partial charge on any atom is -0.481 e. The number of carboxylic acids is 1. The van der Waals surface area contributed by atoms with Crippen molar-refractivity contribution in [1.82, 2.24) is 0 Å². The van der Waals surface area contributed by atoms with Crippen molar-refractivity contribution in [2.24, 2.45) is 0 Å². The highest BCUT2D eigenvalue weighted by molar-refractivity contribution is 5.69. The Bertz CT molecular complexity index is 505. The standard InChI is InChI=1S/C34H66O4/c1-3-5-7-9-11-13-14-15-16-18-20-22-27-31-34(37)38-32(29-25-23-26-30-33(35)36)28-24-21-19-17-12-10-8-6-4-2/h32H,3-31H2,1-2H3,(H,35,36). The van der Waals surface area contributed by atoms with Gasteiger partial charge in [0.2, 0.25) is 0 Å². The van der Waals surface area contributed by atoms with E-state index in [0.29, 0.717) is 12.8 Å². The fourth-order valence-electron chi connectivity index (χ4n) is 5.30. The van der Waals surface area contributed by atoms with Crippen LogP contribution in [0.2, 0.25) is 0 Å². The Labute approximate surface area is 237 Å². The van der Waals surface area contributed by atoms with Gasteiger partial charge in [0.15, 0.2) is 0 Å². The van der Waals surface area contributed by atoms with Crippen LogP contribution >= 0.6 is 0 Å². The van der Waals surface area contributed by atoms with Crippen LogP contribution in [-0.4, -0.2) is 23.1 Å². The molecular weight excluding hydrogens is 472 g/mol. The van der Waals surface area contributed by atoms with Crippen LogP contribution in [0.15, 0.2) is 0 Å². The Kier molecular flexibility index (Phi) is 29.6. The van der Waals surface area contributed by atoms with Crippen molar-refractivity contribution in [2.75, 3.05) is 0 Å². The molecule has 0 saturated carbocycles. The zero-order valence-electron chi connectivity index (χ0n) is 25.8. The Morgan fingerprint density at radius 3 is 1.18 bits per heavy atom. The van der Waals surface area contributed by atoms with Crippen molar-refractivity contribution < 1.29 is 19.4 Å². The smallest absolute Gasteiger partial charge is 0.306 e. The van der Waals surface area contributed by atoms with Crippen molar-refractivity contribution in [3.63, 3.8) is 0 Å². The van der Waals surface area contributed by atoms with Gasteiger partial charge < -0.3 is 9.84 Å². The summed E-state index contributed by atoms with van der Waals surface area (Å²) in [6, 6.07) is 0. The Balaban J connectivity index is 3.92. The number of carbonyl (C=O) groups is 2. The number of aliphatic carboxylic acids is 1. The zero-order chi connectivity index (χ0) is 27.9. The summed E-state index contributed by atoms with van der Waals surface area (Å²) in [6.45, 7) is 4.53. The quantitative estimate of drug-likeness (QED) is 0.0704. The molecule has 38 heavy (non-hydrogen) atoms. The van der Waals surface area contributed by atoms with Crippen molar-refractivity contribution in [1.29, 1.82) is 0 Å². The van der Waals surface area contributed by atoms with E-state index < -0.39 is 5.97 Å². The molecule has 0 saturated heterocycles. The summed E-state index contributed by atoms with van der Waals surface area (Å²) in [7, 11) is 0. The lowest BCUT2D eigenvalue weighted by molar-refractivity contribution is -0.150. The molecule has 0 aromatic heterocycles. The summed E-state index contributed by atoms with van der Waals surface area (Å²) < 4.78 is 5.90. The lowest BCUT2D eigenvalue weighted by atomic mass is 10.0. The van der Waals surface area contributed by atoms with Crippen LogP contribution in [0.3, 0.4) is 0 Å². The molecule has 1 N–H and O–H groups in total. The first kappa shape index (κ1) is 36.9. The maximum Gasteiger partial charge on any atom is 0.306 e. The number of hydrogen-bond acceptors (Lipinski definition) is 3. The van der Waals surface area contributed by atoms with Gasteiger partial charge in [-0.25, -0.2) is 0 Å². The molecule has 0 amide bonds. The number of carbonyl (C=O) groups excluding carboxylic acids is 1. The van der Waals surface area contributed by atoms with E-state index in [4.69, 9.17) is 9.84 Å². The normalized spacial score (nSPS) is 12.1. The predicted molar refractivity (Wildman–Crippen MR) is 163 cm³/mol. The van der Waals surface area contributed by atoms with E-state index >= 15 is 0 Å². The molecule has 0 spiro atoms. The molecule has 1 unspecified atom stereocenters. The molecule has 0 aliphatic rings. The van der Waals surface area contributed by atoms with Gasteiger partial charge in [0.05, 0.1) is 0 Å². The summed E-state index contributed by atoms with van der Waals surface area (Å²) in [6.07, 6.45) is 33.9. The van der Waals surface area contributed by atoms with Crippen LogP contribution < -0.4 is 0 Å². The lowest BCUT2D eigenvalue weighted by Crippen LogP contribution is -2.18. The minimum absolute atomic E-state index is 0.0128. The molecule has 0 bridgehead atoms. The van der Waals surface area contributed by atoms with Gasteiger partial charge >= 0.3 is 11.9 Å². The van der Waals surface area contributed by atoms with E-state index in [1.54, 1.807) is 0 Å². The van der Waals surface area contributed by atoms with E-state index in [-0.39, 0.29) is 18.5 Å². The van der Waals surface area contributed by atoms with Gasteiger partial charge in [0.1, 0.15) is 6.10 Å². The third-order valence-electron chi connectivity index (χ3n) is 7.83. The highest BCUT2D eigenvalue weighted by Crippen LogP contribution is 2.18. The van der Waals surface area contributed by atoms with E-state index in [9.17, 15) is 9.59 Å². The molecule has 226 valence electrons. The Morgan fingerprint density at radius 1 is 0.474 bits per heavy atom. The van der Waals surface area contributed by atoms with E-state index in [1.807, 2.05) is 0 Å². The summed E-state index contributed by atoms with van der Waals surface area (Å²) in [4.78, 5) is 23.2. The maximum atomic E-state index is 12.5. The SMILES string of the molecule is CCCCCCCCCCCCCCCC(=O)OC(CCCCCCCCCCC)CCCCCC(=O)O. The summed E-state index contributed by atoms with van der Waals surface area (Å²) in [5.41, 5.74) is 0. The second-order valence-corrected chi connectivity index (χ2v) is 11.7. The molecule has 4 nitrogen and oxygen atoms in total. The average molecular weight is 539 g/mol. The monoisotopic (exact) mass is 538 g/mol. The van der Waals surface area contributed by atoms with Crippen molar-refractivity contribution in [3.8, 4) is 0 Å². The van der Waals surface area contributed by atoms with Gasteiger partial charge in [-0.15, -0.1) is 0 Å². The molecular formula is C34H66O4. The van der Waals surface area contributed by atoms with Crippen molar-refractivity contribution >= 4 is 11.9 Å². The highest BCUT2D eigenvalue weighted by Gasteiger charge is 2.14. The van der Waals surface area contributed by atoms with Gasteiger partial charge in [-0.2, -0.15) is 0 Å². The first-order valence-corrected chi connectivity index (χ1v) is 17.0. The average Bonchev–Trinajstić information content (AvgIpc) is 2.89. The van der Waals surface area contributed by atoms with Crippen LogP contribution in [0.5, 0.6) is 0 Å². The van der Waals surface area contributed by atoms with Crippen LogP contribution in [0, 0.1) is 0 Å². The molecule has 0 aromatic carbocycles. The van der Waals surface area contributed by atoms with Gasteiger partial charge in [0, 0.05) is 12.8 Å². The van der Waals surface area contributed by atoms with Gasteiger partial charge in [0.25, 0.3) is 0 Å². The summed E-state index contributed by atoms with van der Waals surface area (Å²) >= 11 is 0. The largest absolute Gasteiger partial charge is 0.481 e. The number of rotatable bonds is 31. The number of unbranched alkanes of at least 4 members (excludes halogenated alkanes) is 22.